The second kappa shape index (κ2) is 4.48. The van der Waals surface area contributed by atoms with E-state index in [1.54, 1.807) is 0 Å². The normalized spacial score (nSPS) is 10.7. The van der Waals surface area contributed by atoms with Gasteiger partial charge in [-0.15, -0.1) is 11.3 Å². The van der Waals surface area contributed by atoms with Gasteiger partial charge in [0.05, 0.1) is 9.21 Å². The Balaban J connectivity index is 2.06. The van der Waals surface area contributed by atoms with Crippen LogP contribution in [0.15, 0.2) is 48.7 Å². The maximum atomic E-state index is 5.94. The topological polar surface area (TPSA) is 43.8 Å². The van der Waals surface area contributed by atoms with Crippen LogP contribution in [0.25, 0.3) is 16.3 Å². The van der Waals surface area contributed by atoms with Crippen LogP contribution in [-0.2, 0) is 0 Å². The highest BCUT2D eigenvalue weighted by Gasteiger charge is 2.10. The van der Waals surface area contributed by atoms with E-state index < -0.39 is 0 Å². The van der Waals surface area contributed by atoms with Crippen LogP contribution in [0.1, 0.15) is 0 Å². The minimum atomic E-state index is 0.473. The summed E-state index contributed by atoms with van der Waals surface area (Å²) in [5.74, 6) is 0.473. The molecule has 0 saturated heterocycles. The van der Waals surface area contributed by atoms with Crippen LogP contribution in [0.2, 0.25) is 4.34 Å². The highest BCUT2D eigenvalue weighted by atomic mass is 35.5. The van der Waals surface area contributed by atoms with Gasteiger partial charge in [-0.05, 0) is 24.3 Å². The van der Waals surface area contributed by atoms with Gasteiger partial charge in [0.2, 0.25) is 5.95 Å². The summed E-state index contributed by atoms with van der Waals surface area (Å²) in [4.78, 5) is 5.38. The molecule has 0 aliphatic rings. The zero-order valence-electron chi connectivity index (χ0n) is 9.38. The smallest absolute Gasteiger partial charge is 0.205 e. The molecule has 18 heavy (non-hydrogen) atoms. The molecule has 1 aromatic carbocycles. The summed E-state index contributed by atoms with van der Waals surface area (Å²) in [6.45, 7) is 0. The number of nitrogens with zero attached hydrogens (tertiary/aromatic N) is 2. The average Bonchev–Trinajstić information content (AvgIpc) is 2.97. The van der Waals surface area contributed by atoms with Gasteiger partial charge in [-0.2, -0.15) is 0 Å². The summed E-state index contributed by atoms with van der Waals surface area (Å²) < 4.78 is 2.61. The zero-order chi connectivity index (χ0) is 12.5. The summed E-state index contributed by atoms with van der Waals surface area (Å²) >= 11 is 7.42. The molecule has 0 fully saturated rings. The Labute approximate surface area is 113 Å². The third kappa shape index (κ3) is 2.00. The van der Waals surface area contributed by atoms with E-state index in [0.29, 0.717) is 5.95 Å². The van der Waals surface area contributed by atoms with Crippen molar-refractivity contribution in [2.75, 3.05) is 5.73 Å². The lowest BCUT2D eigenvalue weighted by Crippen LogP contribution is -1.98. The number of anilines is 1. The van der Waals surface area contributed by atoms with Crippen LogP contribution in [0, 0.1) is 0 Å². The maximum Gasteiger partial charge on any atom is 0.205 e. The molecule has 0 spiro atoms. The average molecular weight is 276 g/mol. The van der Waals surface area contributed by atoms with Gasteiger partial charge >= 0.3 is 0 Å². The number of halogens is 1. The largest absolute Gasteiger partial charge is 0.369 e. The maximum absolute atomic E-state index is 5.94. The molecule has 2 aromatic heterocycles. The van der Waals surface area contributed by atoms with Gasteiger partial charge in [-0.1, -0.05) is 29.8 Å². The summed E-state index contributed by atoms with van der Waals surface area (Å²) in [5, 5.41) is 0. The van der Waals surface area contributed by atoms with E-state index in [9.17, 15) is 0 Å². The van der Waals surface area contributed by atoms with Crippen molar-refractivity contribution in [2.45, 2.75) is 0 Å². The Bertz CT molecular complexity index is 673. The number of imidazole rings is 1. The van der Waals surface area contributed by atoms with Gasteiger partial charge in [0.1, 0.15) is 5.69 Å². The van der Waals surface area contributed by atoms with E-state index in [2.05, 4.69) is 4.98 Å². The Morgan fingerprint density at radius 2 is 1.89 bits per heavy atom. The lowest BCUT2D eigenvalue weighted by molar-refractivity contribution is 1.07. The number of nitrogen functional groups attached to an aromatic ring is 1. The molecule has 3 nitrogen and oxygen atoms in total. The molecule has 2 N–H and O–H groups in total. The van der Waals surface area contributed by atoms with Crippen molar-refractivity contribution < 1.29 is 0 Å². The lowest BCUT2D eigenvalue weighted by atomic mass is 10.3. The number of para-hydroxylation sites is 1. The van der Waals surface area contributed by atoms with Crippen molar-refractivity contribution in [3.05, 3.63) is 53.0 Å². The van der Waals surface area contributed by atoms with Crippen LogP contribution in [-0.4, -0.2) is 9.55 Å². The van der Waals surface area contributed by atoms with Crippen LogP contribution in [0.5, 0.6) is 0 Å². The van der Waals surface area contributed by atoms with Crippen LogP contribution in [0.3, 0.4) is 0 Å². The molecule has 0 bridgehead atoms. The van der Waals surface area contributed by atoms with Crippen molar-refractivity contribution in [3.63, 3.8) is 0 Å². The number of benzene rings is 1. The van der Waals surface area contributed by atoms with Crippen molar-refractivity contribution in [2.24, 2.45) is 0 Å². The van der Waals surface area contributed by atoms with Gasteiger partial charge in [0, 0.05) is 11.9 Å². The number of aromatic nitrogens is 2. The van der Waals surface area contributed by atoms with Gasteiger partial charge in [-0.3, -0.25) is 4.57 Å². The quantitative estimate of drug-likeness (QED) is 0.772. The Morgan fingerprint density at radius 3 is 2.56 bits per heavy atom. The molecular weight excluding hydrogens is 266 g/mol. The molecule has 0 amide bonds. The standard InChI is InChI=1S/C13H10ClN3S/c14-12-7-6-11(18-12)10-8-17(13(15)16-10)9-4-2-1-3-5-9/h1-8H,(H2,15,16). The Kier molecular flexibility index (Phi) is 2.81. The molecule has 90 valence electrons. The molecular formula is C13H10ClN3S. The Hall–Kier alpha value is -1.78. The predicted molar refractivity (Wildman–Crippen MR) is 76.3 cm³/mol. The molecule has 2 heterocycles. The van der Waals surface area contributed by atoms with Crippen LogP contribution < -0.4 is 5.73 Å². The van der Waals surface area contributed by atoms with Crippen molar-refractivity contribution in [3.8, 4) is 16.3 Å². The first-order chi connectivity index (χ1) is 8.74. The van der Waals surface area contributed by atoms with Gasteiger partial charge < -0.3 is 5.73 Å². The second-order valence-corrected chi connectivity index (χ2v) is 5.51. The molecule has 5 heteroatoms. The van der Waals surface area contributed by atoms with Gasteiger partial charge in [-0.25, -0.2) is 4.98 Å². The van der Waals surface area contributed by atoms with Crippen molar-refractivity contribution >= 4 is 28.9 Å². The van der Waals surface area contributed by atoms with E-state index in [-0.39, 0.29) is 0 Å². The summed E-state index contributed by atoms with van der Waals surface area (Å²) in [5.41, 5.74) is 7.78. The summed E-state index contributed by atoms with van der Waals surface area (Å²) in [6.07, 6.45) is 1.92. The number of hydrogen-bond donors (Lipinski definition) is 1. The first kappa shape index (κ1) is 11.3. The number of hydrogen-bond acceptors (Lipinski definition) is 3. The van der Waals surface area contributed by atoms with Crippen LogP contribution >= 0.6 is 22.9 Å². The third-order valence-corrected chi connectivity index (χ3v) is 3.85. The van der Waals surface area contributed by atoms with Gasteiger partial charge in [0.25, 0.3) is 0 Å². The molecule has 3 rings (SSSR count). The molecule has 0 radical (unpaired) electrons. The van der Waals surface area contributed by atoms with Crippen LogP contribution in [0.4, 0.5) is 5.95 Å². The predicted octanol–water partition coefficient (Wildman–Crippen LogP) is 3.84. The van der Waals surface area contributed by atoms with E-state index in [1.807, 2.05) is 53.2 Å². The first-order valence-electron chi connectivity index (χ1n) is 5.40. The third-order valence-electron chi connectivity index (χ3n) is 2.59. The zero-order valence-corrected chi connectivity index (χ0v) is 10.9. The number of thiophene rings is 1. The minimum absolute atomic E-state index is 0.473. The Morgan fingerprint density at radius 1 is 1.11 bits per heavy atom. The first-order valence-corrected chi connectivity index (χ1v) is 6.59. The minimum Gasteiger partial charge on any atom is -0.369 e. The fourth-order valence-corrected chi connectivity index (χ4v) is 2.76. The fraction of sp³-hybridized carbons (Fsp3) is 0. The molecule has 0 atom stereocenters. The second-order valence-electron chi connectivity index (χ2n) is 3.79. The SMILES string of the molecule is Nc1nc(-c2ccc(Cl)s2)cn1-c1ccccc1. The van der Waals surface area contributed by atoms with E-state index in [4.69, 9.17) is 17.3 Å². The highest BCUT2D eigenvalue weighted by Crippen LogP contribution is 2.31. The lowest BCUT2D eigenvalue weighted by Gasteiger charge is -2.02. The highest BCUT2D eigenvalue weighted by molar-refractivity contribution is 7.19. The summed E-state index contributed by atoms with van der Waals surface area (Å²) in [7, 11) is 0. The van der Waals surface area contributed by atoms with Crippen molar-refractivity contribution in [1.29, 1.82) is 0 Å². The molecule has 0 saturated carbocycles. The number of nitrogens with two attached hydrogens (primary N) is 1. The molecule has 3 aromatic rings. The van der Waals surface area contributed by atoms with E-state index in [1.165, 1.54) is 11.3 Å². The molecule has 0 unspecified atom stereocenters. The molecule has 0 aliphatic carbocycles. The number of rotatable bonds is 2. The van der Waals surface area contributed by atoms with Crippen molar-refractivity contribution in [1.82, 2.24) is 9.55 Å². The summed E-state index contributed by atoms with van der Waals surface area (Å²) in [6, 6.07) is 13.7. The van der Waals surface area contributed by atoms with E-state index >= 15 is 0 Å². The van der Waals surface area contributed by atoms with Gasteiger partial charge in [0.15, 0.2) is 0 Å². The van der Waals surface area contributed by atoms with E-state index in [0.717, 1.165) is 20.6 Å². The fourth-order valence-electron chi connectivity index (χ4n) is 1.76. The molecule has 0 aliphatic heterocycles. The monoisotopic (exact) mass is 275 g/mol.